The third-order valence-electron chi connectivity index (χ3n) is 27.5. The maximum atomic E-state index is 14.5. The van der Waals surface area contributed by atoms with Crippen molar-refractivity contribution in [2.75, 3.05) is 55.5 Å². The number of carbonyl (C=O) groups is 3. The van der Waals surface area contributed by atoms with E-state index in [1.165, 1.54) is 28.1 Å². The van der Waals surface area contributed by atoms with Crippen molar-refractivity contribution in [3.8, 4) is 0 Å². The first-order valence-electron chi connectivity index (χ1n) is 46.4. The van der Waals surface area contributed by atoms with Gasteiger partial charge in [-0.2, -0.15) is 0 Å². The minimum absolute atomic E-state index is 0.0890. The number of hydrogen-bond acceptors (Lipinski definition) is 28. The van der Waals surface area contributed by atoms with Crippen molar-refractivity contribution in [1.29, 1.82) is 0 Å². The predicted octanol–water partition coefficient (Wildman–Crippen LogP) is 9.83. The molecular formula is C96H170N4O25. The number of amides is 1. The summed E-state index contributed by atoms with van der Waals surface area (Å²) in [6.07, 6.45) is 14.0. The van der Waals surface area contributed by atoms with Crippen molar-refractivity contribution in [1.82, 2.24) is 20.0 Å². The molecule has 1 amide bonds. The Kier molecular flexibility index (Phi) is 45.2. The van der Waals surface area contributed by atoms with Gasteiger partial charge in [0, 0.05) is 83.6 Å². The van der Waals surface area contributed by atoms with Crippen LogP contribution in [0.25, 0.3) is 0 Å². The summed E-state index contributed by atoms with van der Waals surface area (Å²) in [6.45, 7) is 37.9. The van der Waals surface area contributed by atoms with E-state index in [1.807, 2.05) is 70.7 Å². The van der Waals surface area contributed by atoms with Gasteiger partial charge in [-0.3, -0.25) is 14.4 Å². The van der Waals surface area contributed by atoms with Gasteiger partial charge < -0.3 is 128 Å². The number of hydrogen-bond donors (Lipinski definition) is 11. The fourth-order valence-electron chi connectivity index (χ4n) is 19.4. The molecule has 6 aliphatic heterocycles. The number of rotatable bonds is 28. The van der Waals surface area contributed by atoms with E-state index in [9.17, 15) is 65.4 Å². The topological polar surface area (TPSA) is 386 Å². The Bertz CT molecular complexity index is 3380. The highest BCUT2D eigenvalue weighted by Crippen LogP contribution is 2.44. The van der Waals surface area contributed by atoms with Gasteiger partial charge in [0.2, 0.25) is 5.91 Å². The van der Waals surface area contributed by atoms with Crippen LogP contribution >= 0.6 is 0 Å². The van der Waals surface area contributed by atoms with Gasteiger partial charge in [0.05, 0.1) is 89.1 Å². The molecule has 125 heavy (non-hydrogen) atoms. The lowest BCUT2D eigenvalue weighted by atomic mass is 9.77. The molecule has 0 aromatic carbocycles. The van der Waals surface area contributed by atoms with Crippen molar-refractivity contribution in [2.45, 2.75) is 429 Å². The van der Waals surface area contributed by atoms with Crippen molar-refractivity contribution in [3.63, 3.8) is 0 Å². The number of carbonyl (C=O) groups excluding carboxylic acids is 3. The van der Waals surface area contributed by atoms with E-state index in [-0.39, 0.29) is 74.8 Å². The summed E-state index contributed by atoms with van der Waals surface area (Å²) >= 11 is 0. The number of likely N-dealkylation sites (N-methyl/N-ethyl adjacent to an activating group) is 4. The molecular weight excluding hydrogens is 1610 g/mol. The molecule has 6 saturated heterocycles. The average molecular weight is 1780 g/mol. The number of cyclic esters (lactones) is 2. The zero-order valence-corrected chi connectivity index (χ0v) is 80.9. The second-order valence-electron chi connectivity index (χ2n) is 38.7. The van der Waals surface area contributed by atoms with Gasteiger partial charge in [0.25, 0.3) is 0 Å². The fourth-order valence-corrected chi connectivity index (χ4v) is 19.4. The molecule has 6 rings (SSSR count). The molecule has 6 fully saturated rings. The number of ether oxygens (including phenoxy) is 12. The summed E-state index contributed by atoms with van der Waals surface area (Å²) in [5.41, 5.74) is -8.95. The normalized spacial score (nSPS) is 43.5. The number of nitrogens with zero attached hydrogens (tertiary/aromatic N) is 3. The van der Waals surface area contributed by atoms with Crippen LogP contribution in [-0.4, -0.2) is 320 Å². The quantitative estimate of drug-likeness (QED) is 0.0256. The van der Waals surface area contributed by atoms with Crippen molar-refractivity contribution >= 4 is 17.8 Å². The number of allylic oxidation sites excluding steroid dienone is 12. The zero-order valence-electron chi connectivity index (χ0n) is 80.9. The number of nitrogens with one attached hydrogen (secondary N) is 1. The largest absolute Gasteiger partial charge is 0.459 e. The van der Waals surface area contributed by atoms with Gasteiger partial charge in [0.1, 0.15) is 60.0 Å². The molecule has 0 unspecified atom stereocenters. The maximum Gasteiger partial charge on any atom is 0.311 e. The van der Waals surface area contributed by atoms with E-state index in [0.29, 0.717) is 32.4 Å². The predicted molar refractivity (Wildman–Crippen MR) is 480 cm³/mol. The smallest absolute Gasteiger partial charge is 0.311 e. The summed E-state index contributed by atoms with van der Waals surface area (Å²) in [5.74, 6) is -5.60. The van der Waals surface area contributed by atoms with Gasteiger partial charge in [-0.25, -0.2) is 0 Å². The van der Waals surface area contributed by atoms with Crippen LogP contribution in [0.15, 0.2) is 72.9 Å². The summed E-state index contributed by atoms with van der Waals surface area (Å²) in [6, 6.07) is -2.12. The maximum absolute atomic E-state index is 14.5. The van der Waals surface area contributed by atoms with Crippen LogP contribution in [0.3, 0.4) is 0 Å². The molecule has 0 aromatic rings. The van der Waals surface area contributed by atoms with Gasteiger partial charge in [-0.15, -0.1) is 0 Å². The van der Waals surface area contributed by atoms with Crippen LogP contribution < -0.4 is 5.32 Å². The Balaban J connectivity index is 0.000000474. The number of aliphatic hydroxyl groups is 10. The van der Waals surface area contributed by atoms with E-state index in [2.05, 4.69) is 73.0 Å². The first-order chi connectivity index (χ1) is 58.4. The van der Waals surface area contributed by atoms with E-state index >= 15 is 0 Å². The van der Waals surface area contributed by atoms with Gasteiger partial charge in [-0.05, 0) is 213 Å². The standard InChI is InChI=1S/C59H100N2O13.C37H70N2O12/c1-15-17-18-19-20-21-22-23-24-25-26-27-28-29-30-31-32-33-34-35-48(62)61(13)46-36-41(4)70-56(50(46)63)74-54-42(5)51(73-49-38-58(10,69-14)53(65)45(8)71-49)43(6)55(66)72-47(16-2)59(11,68)52(64)44(7)60(12)39-40(3)37-57(54,9)67;1-14-26-37(10,45)30(41)23(6)39(12)18-19(2)16-35(8,44)32(51-34-28(40)25(38-11)15-20(3)47-34)21(4)29(22(5)33(43)49-26)50-27-17-36(9,46-13)31(42)24(7)48-27/h17-18,20-21,23-24,26-27,29-30,32-33,40-47,49-54,56,63-65,67-68H,15-16,19,22,25,28,31,34-39H2,1-14H3;19-32,34,38,40-42,44-45H,14-18H2,1-13H3/b18-17-,21-20-,24-23-,27-26-,30-29-,33-32-;/t40-,41-,42+,43-,44-,45+,46+,47-,49+,50-,51+,52-,53+,54-,56+,57-,58-,59-;19-,20-,21+,22-,23-,24+,25+,26-,27+,28-,29+,30-,31+,32-,34+,35-,36-,37-/m11/s1. The molecule has 0 bridgehead atoms. The lowest BCUT2D eigenvalue weighted by Gasteiger charge is -2.49. The summed E-state index contributed by atoms with van der Waals surface area (Å²) in [4.78, 5) is 47.7. The van der Waals surface area contributed by atoms with Crippen molar-refractivity contribution in [2.24, 2.45) is 35.5 Å². The highest BCUT2D eigenvalue weighted by Gasteiger charge is 2.57. The first-order valence-corrected chi connectivity index (χ1v) is 46.4. The Hall–Kier alpha value is -4.07. The van der Waals surface area contributed by atoms with Crippen LogP contribution in [0.1, 0.15) is 248 Å². The van der Waals surface area contributed by atoms with Crippen LogP contribution in [0.5, 0.6) is 0 Å². The minimum Gasteiger partial charge on any atom is -0.459 e. The highest BCUT2D eigenvalue weighted by atomic mass is 16.7. The highest BCUT2D eigenvalue weighted by molar-refractivity contribution is 5.76. The Morgan fingerprint density at radius 2 is 0.848 bits per heavy atom. The van der Waals surface area contributed by atoms with E-state index < -0.39 is 204 Å². The second kappa shape index (κ2) is 50.7. The molecule has 29 nitrogen and oxygen atoms in total. The van der Waals surface area contributed by atoms with E-state index in [4.69, 9.17) is 56.8 Å². The number of aliphatic hydroxyl groups excluding tert-OH is 6. The molecule has 0 saturated carbocycles. The molecule has 0 spiro atoms. The van der Waals surface area contributed by atoms with Crippen LogP contribution in [0, 0.1) is 35.5 Å². The van der Waals surface area contributed by atoms with Gasteiger partial charge in [-0.1, -0.05) is 121 Å². The molecule has 36 atom stereocenters. The molecule has 0 aromatic heterocycles. The first kappa shape index (κ1) is 111. The van der Waals surface area contributed by atoms with Crippen LogP contribution in [-0.2, 0) is 71.2 Å². The number of methoxy groups -OCH3 is 2. The lowest BCUT2D eigenvalue weighted by molar-refractivity contribution is -0.317. The monoisotopic (exact) mass is 1780 g/mol. The molecule has 724 valence electrons. The molecule has 0 radical (unpaired) electrons. The second-order valence-corrected chi connectivity index (χ2v) is 38.7. The average Bonchev–Trinajstić information content (AvgIpc) is 1.67. The zero-order chi connectivity index (χ0) is 94.2. The molecule has 6 heterocycles. The van der Waals surface area contributed by atoms with E-state index in [0.717, 1.165) is 38.5 Å². The number of esters is 2. The van der Waals surface area contributed by atoms with Crippen LogP contribution in [0.2, 0.25) is 0 Å². The van der Waals surface area contributed by atoms with Gasteiger partial charge in [0.15, 0.2) is 25.2 Å². The minimum atomic E-state index is -1.84. The fraction of sp³-hybridized carbons (Fsp3) is 0.844. The van der Waals surface area contributed by atoms with Crippen LogP contribution in [0.4, 0.5) is 0 Å². The summed E-state index contributed by atoms with van der Waals surface area (Å²) in [5, 5.41) is 120. The van der Waals surface area contributed by atoms with Crippen molar-refractivity contribution < 1.29 is 122 Å². The van der Waals surface area contributed by atoms with Gasteiger partial charge >= 0.3 is 11.9 Å². The Morgan fingerprint density at radius 3 is 1.20 bits per heavy atom. The Morgan fingerprint density at radius 1 is 0.496 bits per heavy atom. The summed E-state index contributed by atoms with van der Waals surface area (Å²) in [7, 11) is 10.1. The molecule has 0 aliphatic carbocycles. The lowest BCUT2D eigenvalue weighted by Crippen LogP contribution is -2.61. The SMILES string of the molecule is CC/C=C\C/C=C\C/C=C\C/C=C\C/C=C\C/C=C\CCC(=O)N(C)[C@H]1C[C@@H](C)O[C@@H](O[C@@H]2[C@@H](C)[C@H](O[C@H]3C[C@@](C)(OC)[C@@H](O)[C@H](C)O3)[C@@H](C)C(=O)O[C@H](CC)[C@@](C)(O)[C@H](O)[C@@H](C)N(C)C[C@H](C)C[C@@]2(C)O)[C@@H]1O.CC[C@H]1OC(=O)[C@H](C)[C@@H](O[C@H]2C[C@@](C)(OC)[C@@H](O)[C@H](C)O2)[C@H](C)[C@@H](O[C@@H]2O[C@H](C)C[C@H](NC)[C@H]2O)[C@](C)(O)C[C@@H](C)CN(C)[C@H](C)[C@@H](O)[C@]1(C)O. The molecule has 29 heteroatoms. The third kappa shape index (κ3) is 30.7. The molecule has 6 aliphatic rings. The third-order valence-corrected chi connectivity index (χ3v) is 27.5. The Labute approximate surface area is 749 Å². The van der Waals surface area contributed by atoms with Crippen molar-refractivity contribution in [3.05, 3.63) is 72.9 Å². The molecule has 11 N–H and O–H groups in total. The van der Waals surface area contributed by atoms with E-state index in [1.54, 1.807) is 109 Å². The summed E-state index contributed by atoms with van der Waals surface area (Å²) < 4.78 is 75.4.